The van der Waals surface area contributed by atoms with Crippen LogP contribution < -0.4 is 0 Å². The Kier molecular flexibility index (Phi) is 2.35. The average molecular weight is 355 g/mol. The van der Waals surface area contributed by atoms with Crippen molar-refractivity contribution in [2.75, 3.05) is 0 Å². The predicted molar refractivity (Wildman–Crippen MR) is 62.6 cm³/mol. The molecule has 2 rings (SSSR count). The fraction of sp³-hybridized carbons (Fsp3) is 0.143. The third-order valence-corrected chi connectivity index (χ3v) is 4.51. The Hall–Kier alpha value is 0.250. The molecule has 0 unspecified atom stereocenters. The molecule has 0 N–H and O–H groups in total. The van der Waals surface area contributed by atoms with Crippen LogP contribution in [0, 0.1) is 10.6 Å². The largest absolute Gasteiger partial charge is 0.230 e. The lowest BCUT2D eigenvalue weighted by Crippen LogP contribution is -1.83. The molecular formula is C7H4BrIN2S. The summed E-state index contributed by atoms with van der Waals surface area (Å²) in [7, 11) is 0. The molecule has 0 saturated carbocycles. The molecule has 0 amide bonds. The van der Waals surface area contributed by atoms with Gasteiger partial charge in [-0.1, -0.05) is 0 Å². The summed E-state index contributed by atoms with van der Waals surface area (Å²) in [6.07, 6.45) is 1.60. The fourth-order valence-corrected chi connectivity index (χ4v) is 3.50. The maximum absolute atomic E-state index is 4.20. The van der Waals surface area contributed by atoms with Crippen molar-refractivity contribution in [2.45, 2.75) is 6.92 Å². The number of rotatable bonds is 0. The second kappa shape index (κ2) is 3.19. The average Bonchev–Trinajstić information content (AvgIpc) is 2.29. The number of nitrogens with zero attached hydrogens (tertiary/aromatic N) is 2. The van der Waals surface area contributed by atoms with Gasteiger partial charge < -0.3 is 0 Å². The van der Waals surface area contributed by atoms with Crippen LogP contribution in [0.3, 0.4) is 0 Å². The smallest absolute Gasteiger partial charge is 0.129 e. The molecular weight excluding hydrogens is 351 g/mol. The van der Waals surface area contributed by atoms with Crippen molar-refractivity contribution in [3.05, 3.63) is 19.4 Å². The summed E-state index contributed by atoms with van der Waals surface area (Å²) in [4.78, 5) is 9.39. The minimum atomic E-state index is 1.03. The molecule has 0 aliphatic carbocycles. The third kappa shape index (κ3) is 1.27. The number of halogens is 2. The first-order chi connectivity index (χ1) is 5.70. The summed E-state index contributed by atoms with van der Waals surface area (Å²) >= 11 is 7.38. The van der Waals surface area contributed by atoms with Crippen molar-refractivity contribution in [3.63, 3.8) is 0 Å². The molecule has 2 nitrogen and oxygen atoms in total. The maximum atomic E-state index is 4.20. The number of thiophene rings is 1. The van der Waals surface area contributed by atoms with Crippen LogP contribution >= 0.6 is 49.9 Å². The monoisotopic (exact) mass is 354 g/mol. The maximum Gasteiger partial charge on any atom is 0.129 e. The molecule has 0 bridgehead atoms. The Morgan fingerprint density at radius 2 is 2.25 bits per heavy atom. The molecule has 0 aliphatic rings. The molecule has 0 atom stereocenters. The van der Waals surface area contributed by atoms with Gasteiger partial charge in [-0.3, -0.25) is 0 Å². The Bertz CT molecular complexity index is 440. The highest BCUT2D eigenvalue weighted by atomic mass is 127. The van der Waals surface area contributed by atoms with E-state index in [4.69, 9.17) is 0 Å². The first kappa shape index (κ1) is 8.83. The van der Waals surface area contributed by atoms with Crippen LogP contribution in [-0.2, 0) is 0 Å². The molecule has 12 heavy (non-hydrogen) atoms. The van der Waals surface area contributed by atoms with Crippen molar-refractivity contribution in [1.82, 2.24) is 9.97 Å². The Balaban J connectivity index is 2.97. The first-order valence-corrected chi connectivity index (χ1v) is 5.94. The minimum Gasteiger partial charge on any atom is -0.230 e. The molecule has 0 aliphatic heterocycles. The van der Waals surface area contributed by atoms with E-state index in [2.05, 4.69) is 55.4 Å². The van der Waals surface area contributed by atoms with Crippen LogP contribution in [0.25, 0.3) is 10.2 Å². The van der Waals surface area contributed by atoms with E-state index in [0.29, 0.717) is 0 Å². The molecule has 2 aromatic heterocycles. The lowest BCUT2D eigenvalue weighted by molar-refractivity contribution is 1.20. The quantitative estimate of drug-likeness (QED) is 0.535. The van der Waals surface area contributed by atoms with E-state index in [1.165, 1.54) is 10.9 Å². The Morgan fingerprint density at radius 3 is 2.92 bits per heavy atom. The molecule has 2 heterocycles. The molecule has 2 aromatic rings. The van der Waals surface area contributed by atoms with Gasteiger partial charge in [0.15, 0.2) is 0 Å². The summed E-state index contributed by atoms with van der Waals surface area (Å²) in [5.74, 6) is 0. The van der Waals surface area contributed by atoms with Crippen LogP contribution in [-0.4, -0.2) is 9.97 Å². The molecule has 0 radical (unpaired) electrons. The zero-order chi connectivity index (χ0) is 8.72. The van der Waals surface area contributed by atoms with Crippen molar-refractivity contribution in [3.8, 4) is 0 Å². The van der Waals surface area contributed by atoms with Crippen LogP contribution in [0.4, 0.5) is 0 Å². The topological polar surface area (TPSA) is 25.8 Å². The van der Waals surface area contributed by atoms with E-state index in [0.717, 1.165) is 12.3 Å². The lowest BCUT2D eigenvalue weighted by Gasteiger charge is -1.92. The van der Waals surface area contributed by atoms with Crippen LogP contribution in [0.2, 0.25) is 0 Å². The van der Waals surface area contributed by atoms with Gasteiger partial charge in [-0.05, 0) is 51.0 Å². The van der Waals surface area contributed by atoms with E-state index < -0.39 is 0 Å². The Morgan fingerprint density at radius 1 is 1.50 bits per heavy atom. The summed E-state index contributed by atoms with van der Waals surface area (Å²) < 4.78 is 2.17. The second-order valence-corrected chi connectivity index (χ2v) is 5.68. The Labute approximate surface area is 95.7 Å². The minimum absolute atomic E-state index is 1.03. The van der Waals surface area contributed by atoms with Gasteiger partial charge in [-0.2, -0.15) is 0 Å². The molecule has 0 spiro atoms. The molecule has 5 heteroatoms. The zero-order valence-electron chi connectivity index (χ0n) is 6.14. The summed E-state index contributed by atoms with van der Waals surface area (Å²) in [5, 5.41) is 1.18. The van der Waals surface area contributed by atoms with Crippen LogP contribution in [0.15, 0.2) is 10.1 Å². The van der Waals surface area contributed by atoms with Crippen molar-refractivity contribution in [1.29, 1.82) is 0 Å². The van der Waals surface area contributed by atoms with Gasteiger partial charge in [-0.25, -0.2) is 9.97 Å². The number of hydrogen-bond donors (Lipinski definition) is 0. The second-order valence-electron chi connectivity index (χ2n) is 2.35. The van der Waals surface area contributed by atoms with Crippen LogP contribution in [0.5, 0.6) is 0 Å². The first-order valence-electron chi connectivity index (χ1n) is 3.25. The molecule has 0 fully saturated rings. The van der Waals surface area contributed by atoms with Crippen molar-refractivity contribution >= 4 is 60.1 Å². The van der Waals surface area contributed by atoms with E-state index in [9.17, 15) is 0 Å². The van der Waals surface area contributed by atoms with E-state index >= 15 is 0 Å². The molecule has 62 valence electrons. The lowest BCUT2D eigenvalue weighted by atomic mass is 10.3. The molecule has 0 aromatic carbocycles. The van der Waals surface area contributed by atoms with Gasteiger partial charge in [0.2, 0.25) is 0 Å². The number of aromatic nitrogens is 2. The van der Waals surface area contributed by atoms with Gasteiger partial charge in [0, 0.05) is 5.39 Å². The van der Waals surface area contributed by atoms with Crippen molar-refractivity contribution < 1.29 is 0 Å². The van der Waals surface area contributed by atoms with Crippen LogP contribution in [0.1, 0.15) is 5.56 Å². The summed E-state index contributed by atoms with van der Waals surface area (Å²) in [6.45, 7) is 2.08. The highest BCUT2D eigenvalue weighted by molar-refractivity contribution is 14.1. The zero-order valence-corrected chi connectivity index (χ0v) is 10.7. The van der Waals surface area contributed by atoms with Gasteiger partial charge in [0.05, 0.1) is 3.79 Å². The third-order valence-electron chi connectivity index (χ3n) is 1.62. The highest BCUT2D eigenvalue weighted by Crippen LogP contribution is 2.34. The number of fused-ring (bicyclic) bond motifs is 1. The standard InChI is InChI=1S/C7H4BrIN2S/c1-3-4-6(9)10-2-11-7(4)12-5(3)8/h2H,1H3. The molecule has 0 saturated heterocycles. The summed E-state index contributed by atoms with van der Waals surface area (Å²) in [5.41, 5.74) is 1.24. The predicted octanol–water partition coefficient (Wildman–Crippen LogP) is 3.37. The van der Waals surface area contributed by atoms with E-state index in [1.807, 2.05) is 0 Å². The number of hydrogen-bond acceptors (Lipinski definition) is 3. The SMILES string of the molecule is Cc1c(Br)sc2ncnc(I)c12. The van der Waals surface area contributed by atoms with Gasteiger partial charge in [-0.15, -0.1) is 11.3 Å². The number of aryl methyl sites for hydroxylation is 1. The van der Waals surface area contributed by atoms with Gasteiger partial charge >= 0.3 is 0 Å². The summed E-state index contributed by atoms with van der Waals surface area (Å²) in [6, 6.07) is 0. The fourth-order valence-electron chi connectivity index (χ4n) is 1.00. The van der Waals surface area contributed by atoms with Gasteiger partial charge in [0.25, 0.3) is 0 Å². The van der Waals surface area contributed by atoms with Crippen molar-refractivity contribution in [2.24, 2.45) is 0 Å². The van der Waals surface area contributed by atoms with E-state index in [-0.39, 0.29) is 0 Å². The highest BCUT2D eigenvalue weighted by Gasteiger charge is 2.09. The normalized spacial score (nSPS) is 10.9. The van der Waals surface area contributed by atoms with Gasteiger partial charge in [0.1, 0.15) is 14.9 Å². The van der Waals surface area contributed by atoms with E-state index in [1.54, 1.807) is 17.7 Å².